The molecule has 3 rings (SSSR count). The molecule has 0 spiro atoms. The third-order valence-corrected chi connectivity index (χ3v) is 6.90. The molecule has 6 heteroatoms. The molecule has 150 valence electrons. The van der Waals surface area contributed by atoms with Gasteiger partial charge in [-0.1, -0.05) is 44.5 Å². The molecule has 28 heavy (non-hydrogen) atoms. The number of rotatable bonds is 4. The zero-order valence-electron chi connectivity index (χ0n) is 16.8. The highest BCUT2D eigenvalue weighted by Crippen LogP contribution is 2.44. The average molecular weight is 419 g/mol. The van der Waals surface area contributed by atoms with Gasteiger partial charge in [0.15, 0.2) is 0 Å². The van der Waals surface area contributed by atoms with Crippen molar-refractivity contribution >= 4 is 39.8 Å². The number of hydrogen-bond acceptors (Lipinski definition) is 3. The maximum atomic E-state index is 12.8. The summed E-state index contributed by atoms with van der Waals surface area (Å²) >= 11 is 7.70. The van der Waals surface area contributed by atoms with Crippen LogP contribution >= 0.6 is 22.9 Å². The Labute approximate surface area is 175 Å². The molecule has 1 atom stereocenters. The Bertz CT molecular complexity index is 898. The molecular formula is C22H27ClN2O2S. The molecule has 0 fully saturated rings. The van der Waals surface area contributed by atoms with Crippen LogP contribution in [0.5, 0.6) is 0 Å². The molecule has 0 saturated heterocycles. The number of amides is 2. The molecule has 1 aromatic heterocycles. The van der Waals surface area contributed by atoms with Crippen molar-refractivity contribution in [3.05, 3.63) is 50.9 Å². The first-order valence-electron chi connectivity index (χ1n) is 9.71. The minimum absolute atomic E-state index is 0.122. The summed E-state index contributed by atoms with van der Waals surface area (Å²) in [6.07, 6.45) is 2.86. The van der Waals surface area contributed by atoms with Crippen molar-refractivity contribution in [2.75, 3.05) is 11.9 Å². The second-order valence-electron chi connectivity index (χ2n) is 8.31. The molecule has 2 aromatic rings. The molecular weight excluding hydrogens is 392 g/mol. The zero-order valence-corrected chi connectivity index (χ0v) is 18.4. The van der Waals surface area contributed by atoms with Crippen molar-refractivity contribution in [2.24, 2.45) is 11.3 Å². The Kier molecular flexibility index (Phi) is 6.15. The number of thiophene rings is 1. The lowest BCUT2D eigenvalue weighted by molar-refractivity contribution is 0.0955. The van der Waals surface area contributed by atoms with Crippen molar-refractivity contribution in [3.63, 3.8) is 0 Å². The number of fused-ring (bicyclic) bond motifs is 1. The Hall–Kier alpha value is -1.85. The van der Waals surface area contributed by atoms with Crippen LogP contribution in [0.3, 0.4) is 0 Å². The quantitative estimate of drug-likeness (QED) is 0.683. The lowest BCUT2D eigenvalue weighted by Gasteiger charge is -2.33. The van der Waals surface area contributed by atoms with Gasteiger partial charge in [-0.15, -0.1) is 11.3 Å². The van der Waals surface area contributed by atoms with Gasteiger partial charge in [0.05, 0.1) is 16.1 Å². The van der Waals surface area contributed by atoms with E-state index in [-0.39, 0.29) is 17.2 Å². The van der Waals surface area contributed by atoms with Gasteiger partial charge in [-0.2, -0.15) is 0 Å². The summed E-state index contributed by atoms with van der Waals surface area (Å²) in [7, 11) is 0. The van der Waals surface area contributed by atoms with Gasteiger partial charge >= 0.3 is 0 Å². The number of nitrogens with one attached hydrogen (secondary N) is 2. The first kappa shape index (κ1) is 20.9. The summed E-state index contributed by atoms with van der Waals surface area (Å²) in [5, 5.41) is 6.86. The predicted octanol–water partition coefficient (Wildman–Crippen LogP) is 5.55. The maximum absolute atomic E-state index is 12.8. The Morgan fingerprint density at radius 1 is 1.21 bits per heavy atom. The Morgan fingerprint density at radius 2 is 1.93 bits per heavy atom. The third kappa shape index (κ3) is 4.26. The molecule has 1 aliphatic carbocycles. The van der Waals surface area contributed by atoms with E-state index in [4.69, 9.17) is 11.6 Å². The number of carbonyl (C=O) groups is 2. The standard InChI is InChI=1S/C22H27ClN2O2S/c1-5-24-20(27)18-15-11-10-13(22(2,3)4)12-17(15)28-21(18)25-19(26)14-8-6-7-9-16(14)23/h6-9,13H,5,10-12H2,1-4H3,(H,24,27)(H,25,26)/t13-/m1/s1. The first-order valence-corrected chi connectivity index (χ1v) is 10.9. The minimum Gasteiger partial charge on any atom is -0.352 e. The fourth-order valence-corrected chi connectivity index (χ4v) is 5.26. The van der Waals surface area contributed by atoms with Gasteiger partial charge in [0, 0.05) is 11.4 Å². The number of halogens is 1. The van der Waals surface area contributed by atoms with E-state index in [1.807, 2.05) is 6.92 Å². The van der Waals surface area contributed by atoms with Gasteiger partial charge in [-0.3, -0.25) is 9.59 Å². The summed E-state index contributed by atoms with van der Waals surface area (Å²) in [6.45, 7) is 9.24. The summed E-state index contributed by atoms with van der Waals surface area (Å²) in [5.74, 6) is 0.152. The van der Waals surface area contributed by atoms with Crippen molar-refractivity contribution in [1.29, 1.82) is 0 Å². The van der Waals surface area contributed by atoms with Gasteiger partial charge in [0.2, 0.25) is 0 Å². The highest BCUT2D eigenvalue weighted by Gasteiger charge is 2.34. The van der Waals surface area contributed by atoms with E-state index in [0.29, 0.717) is 33.6 Å². The average Bonchev–Trinajstić information content (AvgIpc) is 2.98. The van der Waals surface area contributed by atoms with Crippen LogP contribution in [0.1, 0.15) is 65.3 Å². The van der Waals surface area contributed by atoms with E-state index < -0.39 is 0 Å². The molecule has 0 aliphatic heterocycles. The smallest absolute Gasteiger partial charge is 0.257 e. The summed E-state index contributed by atoms with van der Waals surface area (Å²) in [5.41, 5.74) is 2.33. The molecule has 1 aromatic carbocycles. The van der Waals surface area contributed by atoms with Gasteiger partial charge in [0.25, 0.3) is 11.8 Å². The molecule has 1 aliphatic rings. The van der Waals surface area contributed by atoms with Crippen LogP contribution in [-0.4, -0.2) is 18.4 Å². The van der Waals surface area contributed by atoms with Crippen LogP contribution in [-0.2, 0) is 12.8 Å². The fourth-order valence-electron chi connectivity index (χ4n) is 3.72. The van der Waals surface area contributed by atoms with E-state index in [1.165, 1.54) is 16.2 Å². The molecule has 1 heterocycles. The molecule has 0 bridgehead atoms. The van der Waals surface area contributed by atoms with E-state index in [0.717, 1.165) is 24.8 Å². The van der Waals surface area contributed by atoms with Crippen LogP contribution in [0.25, 0.3) is 0 Å². The first-order chi connectivity index (χ1) is 13.2. The molecule has 0 unspecified atom stereocenters. The van der Waals surface area contributed by atoms with Crippen LogP contribution < -0.4 is 10.6 Å². The van der Waals surface area contributed by atoms with Crippen molar-refractivity contribution in [1.82, 2.24) is 5.32 Å². The SMILES string of the molecule is CCNC(=O)c1c(NC(=O)c2ccccc2Cl)sc2c1CC[C@@H](C(C)(C)C)C2. The topological polar surface area (TPSA) is 58.2 Å². The molecule has 4 nitrogen and oxygen atoms in total. The maximum Gasteiger partial charge on any atom is 0.257 e. The van der Waals surface area contributed by atoms with E-state index in [2.05, 4.69) is 31.4 Å². The van der Waals surface area contributed by atoms with Crippen molar-refractivity contribution in [3.8, 4) is 0 Å². The van der Waals surface area contributed by atoms with Gasteiger partial charge in [-0.05, 0) is 55.2 Å². The Morgan fingerprint density at radius 3 is 2.57 bits per heavy atom. The second kappa shape index (κ2) is 8.26. The van der Waals surface area contributed by atoms with Crippen LogP contribution in [0.2, 0.25) is 5.02 Å². The third-order valence-electron chi connectivity index (χ3n) is 5.40. The molecule has 0 saturated carbocycles. The van der Waals surface area contributed by atoms with Crippen LogP contribution in [0, 0.1) is 11.3 Å². The van der Waals surface area contributed by atoms with Crippen molar-refractivity contribution in [2.45, 2.75) is 47.0 Å². The van der Waals surface area contributed by atoms with E-state index in [1.54, 1.807) is 24.3 Å². The number of benzene rings is 1. The summed E-state index contributed by atoms with van der Waals surface area (Å²) in [4.78, 5) is 26.8. The van der Waals surface area contributed by atoms with E-state index in [9.17, 15) is 9.59 Å². The monoisotopic (exact) mass is 418 g/mol. The molecule has 2 N–H and O–H groups in total. The second-order valence-corrected chi connectivity index (χ2v) is 9.82. The highest BCUT2D eigenvalue weighted by molar-refractivity contribution is 7.17. The predicted molar refractivity (Wildman–Crippen MR) is 117 cm³/mol. The van der Waals surface area contributed by atoms with Gasteiger partial charge in [-0.25, -0.2) is 0 Å². The van der Waals surface area contributed by atoms with Gasteiger partial charge in [0.1, 0.15) is 5.00 Å². The summed E-state index contributed by atoms with van der Waals surface area (Å²) in [6, 6.07) is 6.94. The molecule has 0 radical (unpaired) electrons. The number of anilines is 1. The highest BCUT2D eigenvalue weighted by atomic mass is 35.5. The molecule has 2 amide bonds. The number of carbonyl (C=O) groups excluding carboxylic acids is 2. The lowest BCUT2D eigenvalue weighted by atomic mass is 9.72. The minimum atomic E-state index is -0.290. The number of hydrogen-bond donors (Lipinski definition) is 2. The van der Waals surface area contributed by atoms with Crippen molar-refractivity contribution < 1.29 is 9.59 Å². The fraction of sp³-hybridized carbons (Fsp3) is 0.455. The van der Waals surface area contributed by atoms with E-state index >= 15 is 0 Å². The largest absolute Gasteiger partial charge is 0.352 e. The zero-order chi connectivity index (χ0) is 20.5. The summed E-state index contributed by atoms with van der Waals surface area (Å²) < 4.78 is 0. The van der Waals surface area contributed by atoms with Gasteiger partial charge < -0.3 is 10.6 Å². The van der Waals surface area contributed by atoms with Crippen LogP contribution in [0.4, 0.5) is 5.00 Å². The normalized spacial score (nSPS) is 16.4. The Balaban J connectivity index is 1.96. The van der Waals surface area contributed by atoms with Crippen LogP contribution in [0.15, 0.2) is 24.3 Å². The lowest BCUT2D eigenvalue weighted by Crippen LogP contribution is -2.28.